The molecule has 0 radical (unpaired) electrons. The van der Waals surface area contributed by atoms with Gasteiger partial charge in [-0.05, 0) is 56.3 Å². The zero-order valence-corrected chi connectivity index (χ0v) is 15.7. The Morgan fingerprint density at radius 3 is 2.89 bits per heavy atom. The smallest absolute Gasteiger partial charge is 0.273 e. The summed E-state index contributed by atoms with van der Waals surface area (Å²) >= 11 is 1.58. The summed E-state index contributed by atoms with van der Waals surface area (Å²) in [7, 11) is 0. The molecule has 27 heavy (non-hydrogen) atoms. The fourth-order valence-corrected chi connectivity index (χ4v) is 5.11. The molecule has 138 valence electrons. The zero-order valence-electron chi connectivity index (χ0n) is 14.9. The number of hydrogen-bond acceptors (Lipinski definition) is 4. The van der Waals surface area contributed by atoms with E-state index in [0.717, 1.165) is 41.7 Å². The van der Waals surface area contributed by atoms with Crippen molar-refractivity contribution in [2.75, 3.05) is 13.1 Å². The summed E-state index contributed by atoms with van der Waals surface area (Å²) in [6, 6.07) is 5.46. The highest BCUT2D eigenvalue weighted by molar-refractivity contribution is 7.19. The van der Waals surface area contributed by atoms with E-state index in [1.807, 2.05) is 13.0 Å². The van der Waals surface area contributed by atoms with Gasteiger partial charge in [-0.1, -0.05) is 0 Å². The van der Waals surface area contributed by atoms with Crippen LogP contribution in [-0.4, -0.2) is 27.0 Å². The van der Waals surface area contributed by atoms with Crippen molar-refractivity contribution in [1.29, 1.82) is 0 Å². The van der Waals surface area contributed by atoms with E-state index in [4.69, 9.17) is 0 Å². The summed E-state index contributed by atoms with van der Waals surface area (Å²) in [5, 5.41) is 4.35. The molecule has 1 saturated heterocycles. The lowest BCUT2D eigenvalue weighted by Gasteiger charge is -2.21. The number of fused-ring (bicyclic) bond motifs is 2. The Kier molecular flexibility index (Phi) is 3.87. The van der Waals surface area contributed by atoms with Crippen LogP contribution in [0, 0.1) is 12.7 Å². The lowest BCUT2D eigenvalue weighted by molar-refractivity contribution is 0.465. The summed E-state index contributed by atoms with van der Waals surface area (Å²) < 4.78 is 18.3. The van der Waals surface area contributed by atoms with Gasteiger partial charge in [0.1, 0.15) is 4.70 Å². The largest absolute Gasteiger partial charge is 0.317 e. The first-order valence-electron chi connectivity index (χ1n) is 9.11. The summed E-state index contributed by atoms with van der Waals surface area (Å²) in [4.78, 5) is 18.5. The first-order chi connectivity index (χ1) is 13.1. The van der Waals surface area contributed by atoms with Crippen LogP contribution < -0.4 is 10.9 Å². The van der Waals surface area contributed by atoms with Crippen LogP contribution in [0.25, 0.3) is 21.4 Å². The fourth-order valence-electron chi connectivity index (χ4n) is 3.86. The fraction of sp³-hybridized carbons (Fsp3) is 0.300. The Hall–Kier alpha value is -2.51. The first-order valence-corrected chi connectivity index (χ1v) is 9.93. The normalized spacial score (nSPS) is 15.8. The molecule has 4 aromatic rings. The maximum absolute atomic E-state index is 14.4. The topological polar surface area (TPSA) is 51.3 Å². The Morgan fingerprint density at radius 2 is 2.07 bits per heavy atom. The van der Waals surface area contributed by atoms with E-state index < -0.39 is 5.82 Å². The molecule has 1 aliphatic rings. The van der Waals surface area contributed by atoms with Gasteiger partial charge in [0.15, 0.2) is 11.5 Å². The van der Waals surface area contributed by atoms with Crippen molar-refractivity contribution < 1.29 is 4.39 Å². The van der Waals surface area contributed by atoms with Gasteiger partial charge in [-0.25, -0.2) is 9.37 Å². The Morgan fingerprint density at radius 1 is 1.26 bits per heavy atom. The molecular weight excluding hydrogens is 363 g/mol. The number of rotatable bonds is 2. The minimum Gasteiger partial charge on any atom is -0.317 e. The molecular formula is C20H19FN4OS. The van der Waals surface area contributed by atoms with E-state index in [9.17, 15) is 9.18 Å². The molecule has 1 aliphatic heterocycles. The molecule has 4 aromatic heterocycles. The SMILES string of the molecule is Cc1cn2cc(-n3ccc4cc(C5CCNCC5)sc4c3=O)cc(F)c2n1. The Bertz CT molecular complexity index is 1220. The van der Waals surface area contributed by atoms with Crippen LogP contribution in [0.2, 0.25) is 0 Å². The second-order valence-electron chi connectivity index (χ2n) is 7.11. The molecule has 1 N–H and O–H groups in total. The highest BCUT2D eigenvalue weighted by atomic mass is 32.1. The number of nitrogens with one attached hydrogen (secondary N) is 1. The van der Waals surface area contributed by atoms with Gasteiger partial charge in [-0.3, -0.25) is 9.36 Å². The number of pyridine rings is 2. The quantitative estimate of drug-likeness (QED) is 0.576. The molecule has 0 bridgehead atoms. The number of halogens is 1. The maximum atomic E-state index is 14.4. The van der Waals surface area contributed by atoms with Crippen LogP contribution in [0.3, 0.4) is 0 Å². The monoisotopic (exact) mass is 382 g/mol. The Labute approximate surface area is 159 Å². The molecule has 0 saturated carbocycles. The van der Waals surface area contributed by atoms with E-state index in [2.05, 4.69) is 16.4 Å². The van der Waals surface area contributed by atoms with Crippen LogP contribution in [0.5, 0.6) is 0 Å². The van der Waals surface area contributed by atoms with Gasteiger partial charge in [0.05, 0.1) is 11.4 Å². The van der Waals surface area contributed by atoms with Gasteiger partial charge in [-0.15, -0.1) is 11.3 Å². The highest BCUT2D eigenvalue weighted by Crippen LogP contribution is 2.34. The molecule has 5 nitrogen and oxygen atoms in total. The van der Waals surface area contributed by atoms with Crippen molar-refractivity contribution in [3.63, 3.8) is 0 Å². The molecule has 0 aromatic carbocycles. The predicted molar refractivity (Wildman–Crippen MR) is 106 cm³/mol. The number of hydrogen-bond donors (Lipinski definition) is 1. The van der Waals surface area contributed by atoms with Gasteiger partial charge in [0.25, 0.3) is 5.56 Å². The van der Waals surface area contributed by atoms with Crippen molar-refractivity contribution in [2.45, 2.75) is 25.7 Å². The van der Waals surface area contributed by atoms with Crippen molar-refractivity contribution in [3.8, 4) is 5.69 Å². The molecule has 0 atom stereocenters. The molecule has 0 spiro atoms. The molecule has 1 fully saturated rings. The standard InChI is InChI=1S/C20H19FN4OS/c1-12-10-24-11-15(9-16(21)19(24)23-12)25-7-4-14-8-17(27-18(14)20(25)26)13-2-5-22-6-3-13/h4,7-11,13,22H,2-3,5-6H2,1H3. The average molecular weight is 382 g/mol. The van der Waals surface area contributed by atoms with E-state index in [1.54, 1.807) is 34.3 Å². The van der Waals surface area contributed by atoms with Crippen molar-refractivity contribution in [3.05, 3.63) is 63.5 Å². The van der Waals surface area contributed by atoms with E-state index in [-0.39, 0.29) is 11.2 Å². The summed E-state index contributed by atoms with van der Waals surface area (Å²) in [6.07, 6.45) is 7.43. The van der Waals surface area contributed by atoms with Gasteiger partial charge in [0, 0.05) is 29.5 Å². The van der Waals surface area contributed by atoms with Crippen LogP contribution in [0.1, 0.15) is 29.3 Å². The van der Waals surface area contributed by atoms with E-state index in [1.165, 1.54) is 15.5 Å². The van der Waals surface area contributed by atoms with Crippen LogP contribution in [0.4, 0.5) is 4.39 Å². The second kappa shape index (κ2) is 6.28. The first kappa shape index (κ1) is 16.6. The summed E-state index contributed by atoms with van der Waals surface area (Å²) in [5.74, 6) is 0.0772. The third-order valence-electron chi connectivity index (χ3n) is 5.23. The third kappa shape index (κ3) is 2.78. The molecule has 5 rings (SSSR count). The molecule has 0 unspecified atom stereocenters. The highest BCUT2D eigenvalue weighted by Gasteiger charge is 2.19. The van der Waals surface area contributed by atoms with Crippen molar-refractivity contribution in [2.24, 2.45) is 0 Å². The maximum Gasteiger partial charge on any atom is 0.273 e. The van der Waals surface area contributed by atoms with E-state index in [0.29, 0.717) is 11.6 Å². The molecule has 5 heterocycles. The van der Waals surface area contributed by atoms with Crippen LogP contribution >= 0.6 is 11.3 Å². The lowest BCUT2D eigenvalue weighted by Crippen LogP contribution is -2.26. The number of aromatic nitrogens is 3. The molecule has 0 aliphatic carbocycles. The van der Waals surface area contributed by atoms with Crippen LogP contribution in [0.15, 0.2) is 41.6 Å². The van der Waals surface area contributed by atoms with Crippen LogP contribution in [-0.2, 0) is 0 Å². The number of nitrogens with zero attached hydrogens (tertiary/aromatic N) is 3. The minimum atomic E-state index is -0.436. The van der Waals surface area contributed by atoms with Gasteiger partial charge in [-0.2, -0.15) is 0 Å². The van der Waals surface area contributed by atoms with Gasteiger partial charge >= 0.3 is 0 Å². The Balaban J connectivity index is 1.63. The van der Waals surface area contributed by atoms with Crippen molar-refractivity contribution in [1.82, 2.24) is 19.3 Å². The van der Waals surface area contributed by atoms with Crippen molar-refractivity contribution >= 4 is 27.1 Å². The third-order valence-corrected chi connectivity index (χ3v) is 6.53. The number of aryl methyl sites for hydroxylation is 1. The minimum absolute atomic E-state index is 0.103. The second-order valence-corrected chi connectivity index (χ2v) is 8.19. The summed E-state index contributed by atoms with van der Waals surface area (Å²) in [6.45, 7) is 3.86. The predicted octanol–water partition coefficient (Wildman–Crippen LogP) is 3.61. The number of piperidine rings is 1. The van der Waals surface area contributed by atoms with Gasteiger partial charge in [0.2, 0.25) is 0 Å². The average Bonchev–Trinajstić information content (AvgIpc) is 3.26. The van der Waals surface area contributed by atoms with E-state index >= 15 is 0 Å². The molecule has 7 heteroatoms. The zero-order chi connectivity index (χ0) is 18.5. The number of imidazole rings is 1. The molecule has 0 amide bonds. The lowest BCUT2D eigenvalue weighted by atomic mass is 9.96. The summed E-state index contributed by atoms with van der Waals surface area (Å²) in [5.41, 5.74) is 1.41. The van der Waals surface area contributed by atoms with Gasteiger partial charge < -0.3 is 9.72 Å². The number of thiophene rings is 1.